The van der Waals surface area contributed by atoms with E-state index in [1.807, 2.05) is 0 Å². The fourth-order valence-corrected chi connectivity index (χ4v) is 2.38. The molecule has 9 heteroatoms. The normalized spacial score (nSPS) is 11.7. The van der Waals surface area contributed by atoms with Crippen molar-refractivity contribution in [3.05, 3.63) is 47.8 Å². The van der Waals surface area contributed by atoms with E-state index in [0.29, 0.717) is 37.6 Å². The van der Waals surface area contributed by atoms with Crippen molar-refractivity contribution in [3.8, 4) is 11.4 Å². The lowest BCUT2D eigenvalue weighted by Crippen LogP contribution is -2.32. The van der Waals surface area contributed by atoms with Crippen LogP contribution in [-0.4, -0.2) is 58.9 Å². The fourth-order valence-electron chi connectivity index (χ4n) is 2.38. The third kappa shape index (κ3) is 7.32. The minimum absolute atomic E-state index is 0.129. The molecule has 0 unspecified atom stereocenters. The summed E-state index contributed by atoms with van der Waals surface area (Å²) in [6.07, 6.45) is -0.695. The van der Waals surface area contributed by atoms with Crippen molar-refractivity contribution in [3.63, 3.8) is 0 Å². The van der Waals surface area contributed by atoms with Gasteiger partial charge in [-0.15, -0.1) is 0 Å². The number of rotatable bonds is 9. The Morgan fingerprint density at radius 2 is 2.00 bits per heavy atom. The third-order valence-electron chi connectivity index (χ3n) is 3.64. The molecule has 0 aliphatic heterocycles. The Morgan fingerprint density at radius 3 is 2.63 bits per heavy atom. The summed E-state index contributed by atoms with van der Waals surface area (Å²) in [6.45, 7) is -0.0111. The summed E-state index contributed by atoms with van der Waals surface area (Å²) in [5.74, 6) is -1.04. The molecule has 2 aromatic heterocycles. The number of nitrogens with zero attached hydrogens (tertiary/aromatic N) is 3. The molecule has 6 nitrogen and oxygen atoms in total. The van der Waals surface area contributed by atoms with Crippen LogP contribution in [0.2, 0.25) is 0 Å². The van der Waals surface area contributed by atoms with E-state index in [2.05, 4.69) is 9.97 Å². The maximum absolute atomic E-state index is 12.2. The van der Waals surface area contributed by atoms with Crippen LogP contribution in [0.15, 0.2) is 36.7 Å². The molecule has 0 amide bonds. The first-order chi connectivity index (χ1) is 12.7. The smallest absolute Gasteiger partial charge is 0.401 e. The lowest BCUT2D eigenvalue weighted by molar-refractivity contribution is -0.143. The lowest BCUT2D eigenvalue weighted by Gasteiger charge is -2.18. The summed E-state index contributed by atoms with van der Waals surface area (Å²) < 4.78 is 42.1. The molecular formula is C18H20F3N3O3. The zero-order valence-corrected chi connectivity index (χ0v) is 14.7. The average molecular weight is 383 g/mol. The van der Waals surface area contributed by atoms with Gasteiger partial charge < -0.3 is 9.84 Å². The molecule has 0 spiro atoms. The van der Waals surface area contributed by atoms with Gasteiger partial charge in [0.05, 0.1) is 30.1 Å². The van der Waals surface area contributed by atoms with Gasteiger partial charge in [0, 0.05) is 25.5 Å². The molecule has 0 atom stereocenters. The Labute approximate surface area is 154 Å². The predicted molar refractivity (Wildman–Crippen MR) is 92.3 cm³/mol. The van der Waals surface area contributed by atoms with Gasteiger partial charge in [-0.2, -0.15) is 13.2 Å². The van der Waals surface area contributed by atoms with Gasteiger partial charge in [0.25, 0.3) is 0 Å². The van der Waals surface area contributed by atoms with Crippen molar-refractivity contribution in [2.45, 2.75) is 19.2 Å². The van der Waals surface area contributed by atoms with Crippen LogP contribution >= 0.6 is 0 Å². The summed E-state index contributed by atoms with van der Waals surface area (Å²) in [7, 11) is 1.42. The van der Waals surface area contributed by atoms with E-state index >= 15 is 0 Å². The van der Waals surface area contributed by atoms with Gasteiger partial charge >= 0.3 is 12.1 Å². The largest absolute Gasteiger partial charge is 0.478 e. The summed E-state index contributed by atoms with van der Waals surface area (Å²) >= 11 is 0. The standard InChI is InChI=1S/C18H20F3N3O3/c1-24(12-18(19,20)21)7-2-8-27-11-13-3-4-15(23-10-13)16-9-14(17(25)26)5-6-22-16/h3-6,9-10H,2,7-8,11-12H2,1H3,(H,25,26). The molecular weight excluding hydrogens is 363 g/mol. The SMILES string of the molecule is CN(CCCOCc1ccc(-c2cc(C(=O)O)ccn2)nc1)CC(F)(F)F. The third-order valence-corrected chi connectivity index (χ3v) is 3.64. The minimum Gasteiger partial charge on any atom is -0.478 e. The highest BCUT2D eigenvalue weighted by molar-refractivity contribution is 5.88. The number of carbonyl (C=O) groups is 1. The molecule has 1 N–H and O–H groups in total. The predicted octanol–water partition coefficient (Wildman–Crippen LogP) is 3.24. The number of carboxylic acids is 1. The summed E-state index contributed by atoms with van der Waals surface area (Å²) in [4.78, 5) is 20.6. The van der Waals surface area contributed by atoms with Gasteiger partial charge in [-0.1, -0.05) is 6.07 Å². The van der Waals surface area contributed by atoms with Crippen LogP contribution < -0.4 is 0 Å². The van der Waals surface area contributed by atoms with Crippen molar-refractivity contribution in [1.82, 2.24) is 14.9 Å². The number of alkyl halides is 3. The first-order valence-corrected chi connectivity index (χ1v) is 8.22. The van der Waals surface area contributed by atoms with Crippen LogP contribution in [0.5, 0.6) is 0 Å². The zero-order valence-electron chi connectivity index (χ0n) is 14.7. The number of aromatic nitrogens is 2. The summed E-state index contributed by atoms with van der Waals surface area (Å²) in [6, 6.07) is 6.34. The Hall–Kier alpha value is -2.52. The second-order valence-corrected chi connectivity index (χ2v) is 6.05. The summed E-state index contributed by atoms with van der Waals surface area (Å²) in [5.41, 5.74) is 1.92. The van der Waals surface area contributed by atoms with Gasteiger partial charge in [-0.3, -0.25) is 14.9 Å². The Bertz CT molecular complexity index is 752. The highest BCUT2D eigenvalue weighted by atomic mass is 19.4. The van der Waals surface area contributed by atoms with E-state index in [4.69, 9.17) is 9.84 Å². The number of halogens is 3. The Balaban J connectivity index is 1.78. The first-order valence-electron chi connectivity index (χ1n) is 8.22. The highest BCUT2D eigenvalue weighted by Gasteiger charge is 2.28. The number of carboxylic acid groups (broad SMARTS) is 1. The van der Waals surface area contributed by atoms with Gasteiger partial charge in [-0.25, -0.2) is 4.79 Å². The van der Waals surface area contributed by atoms with E-state index < -0.39 is 18.7 Å². The molecule has 0 bridgehead atoms. The molecule has 146 valence electrons. The Kier molecular flexibility index (Phi) is 7.26. The average Bonchev–Trinajstić information content (AvgIpc) is 2.60. The van der Waals surface area contributed by atoms with Crippen molar-refractivity contribution in [2.75, 3.05) is 26.7 Å². The van der Waals surface area contributed by atoms with E-state index in [9.17, 15) is 18.0 Å². The fraction of sp³-hybridized carbons (Fsp3) is 0.389. The molecule has 2 heterocycles. The van der Waals surface area contributed by atoms with Gasteiger partial charge in [0.2, 0.25) is 0 Å². The van der Waals surface area contributed by atoms with Crippen LogP contribution in [0, 0.1) is 0 Å². The van der Waals surface area contributed by atoms with Crippen LogP contribution in [-0.2, 0) is 11.3 Å². The zero-order chi connectivity index (χ0) is 19.9. The molecule has 0 saturated carbocycles. The van der Waals surface area contributed by atoms with Gasteiger partial charge in [-0.05, 0) is 37.2 Å². The van der Waals surface area contributed by atoms with E-state index in [-0.39, 0.29) is 5.56 Å². The minimum atomic E-state index is -4.19. The number of hydrogen-bond donors (Lipinski definition) is 1. The molecule has 0 aromatic carbocycles. The second-order valence-electron chi connectivity index (χ2n) is 6.05. The summed E-state index contributed by atoms with van der Waals surface area (Å²) in [5, 5.41) is 9.01. The number of hydrogen-bond acceptors (Lipinski definition) is 5. The quantitative estimate of drug-likeness (QED) is 0.670. The molecule has 2 aromatic rings. The van der Waals surface area contributed by atoms with Gasteiger partial charge in [0.1, 0.15) is 0 Å². The van der Waals surface area contributed by atoms with Crippen LogP contribution in [0.3, 0.4) is 0 Å². The van der Waals surface area contributed by atoms with Gasteiger partial charge in [0.15, 0.2) is 0 Å². The molecule has 0 aliphatic carbocycles. The monoisotopic (exact) mass is 383 g/mol. The maximum atomic E-state index is 12.2. The Morgan fingerprint density at radius 1 is 1.22 bits per heavy atom. The topological polar surface area (TPSA) is 75.5 Å². The molecule has 27 heavy (non-hydrogen) atoms. The van der Waals surface area contributed by atoms with Crippen LogP contribution in [0.1, 0.15) is 22.3 Å². The highest BCUT2D eigenvalue weighted by Crippen LogP contribution is 2.17. The number of pyridine rings is 2. The molecule has 0 fully saturated rings. The van der Waals surface area contributed by atoms with Crippen molar-refractivity contribution in [1.29, 1.82) is 0 Å². The van der Waals surface area contributed by atoms with Crippen molar-refractivity contribution >= 4 is 5.97 Å². The molecule has 0 saturated heterocycles. The first kappa shape index (κ1) is 20.8. The van der Waals surface area contributed by atoms with E-state index in [1.54, 1.807) is 18.3 Å². The number of aromatic carboxylic acids is 1. The lowest BCUT2D eigenvalue weighted by atomic mass is 10.1. The van der Waals surface area contributed by atoms with Crippen molar-refractivity contribution in [2.24, 2.45) is 0 Å². The molecule has 0 radical (unpaired) electrons. The maximum Gasteiger partial charge on any atom is 0.401 e. The molecule has 0 aliphatic rings. The van der Waals surface area contributed by atoms with Crippen LogP contribution in [0.25, 0.3) is 11.4 Å². The van der Waals surface area contributed by atoms with Crippen LogP contribution in [0.4, 0.5) is 13.2 Å². The molecule has 2 rings (SSSR count). The van der Waals surface area contributed by atoms with E-state index in [1.165, 1.54) is 30.3 Å². The van der Waals surface area contributed by atoms with E-state index in [0.717, 1.165) is 5.56 Å². The van der Waals surface area contributed by atoms with Crippen molar-refractivity contribution < 1.29 is 27.8 Å². The second kappa shape index (κ2) is 9.43. The number of ether oxygens (including phenoxy) is 1.